The third kappa shape index (κ3) is 5.51. The number of para-hydroxylation sites is 1. The number of rotatable bonds is 7. The third-order valence-electron chi connectivity index (χ3n) is 3.51. The van der Waals surface area contributed by atoms with Gasteiger partial charge in [0.05, 0.1) is 6.61 Å². The lowest BCUT2D eigenvalue weighted by Crippen LogP contribution is -2.08. The second kappa shape index (κ2) is 9.88. The Kier molecular flexibility index (Phi) is 7.26. The monoisotopic (exact) mass is 369 g/mol. The zero-order chi connectivity index (χ0) is 19.6. The van der Waals surface area contributed by atoms with Crippen molar-refractivity contribution in [3.63, 3.8) is 0 Å². The molecule has 6 heteroatoms. The van der Waals surface area contributed by atoms with Gasteiger partial charge in [-0.15, -0.1) is 0 Å². The molecule has 0 bridgehead atoms. The first-order valence-electron chi connectivity index (χ1n) is 8.15. The Hall–Kier alpha value is -3.46. The number of allylic oxidation sites excluding steroid dienone is 2. The van der Waals surface area contributed by atoms with Crippen molar-refractivity contribution in [3.05, 3.63) is 77.4 Å². The van der Waals surface area contributed by atoms with E-state index in [-0.39, 0.29) is 17.9 Å². The quantitative estimate of drug-likeness (QED) is 0.303. The van der Waals surface area contributed by atoms with Gasteiger partial charge in [-0.2, -0.15) is 14.0 Å². The summed E-state index contributed by atoms with van der Waals surface area (Å²) in [4.78, 5) is 12.2. The van der Waals surface area contributed by atoms with Crippen molar-refractivity contribution in [2.24, 2.45) is 0 Å². The molecule has 0 aliphatic rings. The first-order valence-corrected chi connectivity index (χ1v) is 8.15. The molecule has 2 aromatic rings. The van der Waals surface area contributed by atoms with Crippen LogP contribution in [0.25, 0.3) is 11.6 Å². The Labute approximate surface area is 156 Å². The van der Waals surface area contributed by atoms with Crippen LogP contribution in [-0.4, -0.2) is 19.2 Å². The summed E-state index contributed by atoms with van der Waals surface area (Å²) in [7, 11) is 0. The Bertz CT molecular complexity index is 884. The first-order chi connectivity index (χ1) is 13.1. The van der Waals surface area contributed by atoms with Gasteiger partial charge in [-0.3, -0.25) is 0 Å². The van der Waals surface area contributed by atoms with Crippen LogP contribution in [0.15, 0.2) is 66.2 Å². The fourth-order valence-electron chi connectivity index (χ4n) is 2.36. The van der Waals surface area contributed by atoms with Gasteiger partial charge in [-0.1, -0.05) is 60.7 Å². The van der Waals surface area contributed by atoms with Crippen LogP contribution < -0.4 is 4.74 Å². The number of benzene rings is 2. The molecule has 0 aromatic heterocycles. The maximum absolute atomic E-state index is 12.6. The Morgan fingerprint density at radius 3 is 2.44 bits per heavy atom. The average Bonchev–Trinajstić information content (AvgIpc) is 2.66. The Balaban J connectivity index is 2.52. The zero-order valence-corrected chi connectivity index (χ0v) is 14.6. The first kappa shape index (κ1) is 19.9. The number of hydrogen-bond donors (Lipinski definition) is 0. The van der Waals surface area contributed by atoms with Gasteiger partial charge in [0, 0.05) is 11.1 Å². The summed E-state index contributed by atoms with van der Waals surface area (Å²) in [6, 6.07) is 16.9. The summed E-state index contributed by atoms with van der Waals surface area (Å²) in [5.41, 5.74) is 1.15. The Morgan fingerprint density at radius 1 is 1.15 bits per heavy atom. The van der Waals surface area contributed by atoms with Crippen molar-refractivity contribution < 1.29 is 23.0 Å². The van der Waals surface area contributed by atoms with E-state index >= 15 is 0 Å². The van der Waals surface area contributed by atoms with Crippen LogP contribution >= 0.6 is 0 Å². The predicted octanol–water partition coefficient (Wildman–Crippen LogP) is 4.84. The third-order valence-corrected chi connectivity index (χ3v) is 3.51. The maximum Gasteiger partial charge on any atom is 0.387 e. The minimum Gasteiger partial charge on any atom is -0.462 e. The van der Waals surface area contributed by atoms with Crippen LogP contribution in [-0.2, 0) is 9.53 Å². The Morgan fingerprint density at radius 2 is 1.81 bits per heavy atom. The number of nitriles is 1. The average molecular weight is 369 g/mol. The number of alkyl halides is 2. The fraction of sp³-hybridized carbons (Fsp3) is 0.143. The van der Waals surface area contributed by atoms with E-state index in [9.17, 15) is 18.8 Å². The van der Waals surface area contributed by atoms with E-state index in [1.165, 1.54) is 18.2 Å². The molecule has 27 heavy (non-hydrogen) atoms. The topological polar surface area (TPSA) is 59.3 Å². The number of nitrogens with zero attached hydrogens (tertiary/aromatic N) is 1. The lowest BCUT2D eigenvalue weighted by atomic mass is 9.99. The van der Waals surface area contributed by atoms with Crippen LogP contribution in [0.1, 0.15) is 18.1 Å². The van der Waals surface area contributed by atoms with E-state index in [0.29, 0.717) is 16.7 Å². The summed E-state index contributed by atoms with van der Waals surface area (Å²) in [5, 5.41) is 9.46. The summed E-state index contributed by atoms with van der Waals surface area (Å²) in [5.74, 6) is -0.758. The highest BCUT2D eigenvalue weighted by atomic mass is 19.3. The van der Waals surface area contributed by atoms with Gasteiger partial charge in [-0.05, 0) is 18.6 Å². The van der Waals surface area contributed by atoms with Gasteiger partial charge in [0.15, 0.2) is 0 Å². The number of esters is 1. The molecule has 0 saturated carbocycles. The van der Waals surface area contributed by atoms with E-state index in [1.54, 1.807) is 55.5 Å². The molecule has 0 spiro atoms. The van der Waals surface area contributed by atoms with Crippen LogP contribution in [0.4, 0.5) is 8.78 Å². The van der Waals surface area contributed by atoms with Gasteiger partial charge in [0.2, 0.25) is 0 Å². The predicted molar refractivity (Wildman–Crippen MR) is 97.7 cm³/mol. The van der Waals surface area contributed by atoms with E-state index in [1.807, 2.05) is 6.07 Å². The molecule has 0 aliphatic carbocycles. The molecule has 0 unspecified atom stereocenters. The zero-order valence-electron chi connectivity index (χ0n) is 14.6. The van der Waals surface area contributed by atoms with Gasteiger partial charge < -0.3 is 9.47 Å². The van der Waals surface area contributed by atoms with Crippen molar-refractivity contribution in [3.8, 4) is 11.8 Å². The van der Waals surface area contributed by atoms with Crippen molar-refractivity contribution in [2.45, 2.75) is 13.5 Å². The maximum atomic E-state index is 12.6. The highest BCUT2D eigenvalue weighted by molar-refractivity contribution is 6.04. The minimum atomic E-state index is -2.96. The summed E-state index contributed by atoms with van der Waals surface area (Å²) in [6.45, 7) is -1.19. The molecule has 4 nitrogen and oxygen atoms in total. The SMILES string of the molecule is CCOC(=O)/C(C#N)=C(\C=C\c1ccccc1OC(F)F)c1ccccc1. The fourth-order valence-corrected chi connectivity index (χ4v) is 2.36. The number of carbonyl (C=O) groups excluding carboxylic acids is 1. The number of halogens is 2. The van der Waals surface area contributed by atoms with E-state index in [0.717, 1.165) is 0 Å². The molecule has 0 amide bonds. The molecule has 0 aliphatic heterocycles. The normalized spacial score (nSPS) is 11.8. The summed E-state index contributed by atoms with van der Waals surface area (Å²) >= 11 is 0. The smallest absolute Gasteiger partial charge is 0.387 e. The summed E-state index contributed by atoms with van der Waals surface area (Å²) < 4.78 is 34.6. The number of ether oxygens (including phenoxy) is 2. The molecule has 0 fully saturated rings. The summed E-state index contributed by atoms with van der Waals surface area (Å²) in [6.07, 6.45) is 3.02. The number of hydrogen-bond acceptors (Lipinski definition) is 4. The van der Waals surface area contributed by atoms with Crippen molar-refractivity contribution >= 4 is 17.6 Å². The largest absolute Gasteiger partial charge is 0.462 e. The highest BCUT2D eigenvalue weighted by Crippen LogP contribution is 2.26. The molecule has 0 N–H and O–H groups in total. The molecule has 0 radical (unpaired) electrons. The van der Waals surface area contributed by atoms with Gasteiger partial charge in [0.25, 0.3) is 0 Å². The van der Waals surface area contributed by atoms with E-state index in [2.05, 4.69) is 4.74 Å². The molecule has 138 valence electrons. The second-order valence-electron chi connectivity index (χ2n) is 5.24. The van der Waals surface area contributed by atoms with Crippen LogP contribution in [0.2, 0.25) is 0 Å². The van der Waals surface area contributed by atoms with Gasteiger partial charge in [0.1, 0.15) is 17.4 Å². The molecule has 2 rings (SSSR count). The minimum absolute atomic E-state index is 0.00851. The molecule has 0 heterocycles. The lowest BCUT2D eigenvalue weighted by molar-refractivity contribution is -0.137. The van der Waals surface area contributed by atoms with Gasteiger partial charge >= 0.3 is 12.6 Å². The van der Waals surface area contributed by atoms with Crippen LogP contribution in [0, 0.1) is 11.3 Å². The second-order valence-corrected chi connectivity index (χ2v) is 5.24. The van der Waals surface area contributed by atoms with Crippen molar-refractivity contribution in [1.82, 2.24) is 0 Å². The van der Waals surface area contributed by atoms with E-state index in [4.69, 9.17) is 4.74 Å². The molecule has 2 aromatic carbocycles. The van der Waals surface area contributed by atoms with Gasteiger partial charge in [-0.25, -0.2) is 4.79 Å². The molecule has 0 saturated heterocycles. The molecular weight excluding hydrogens is 352 g/mol. The lowest BCUT2D eigenvalue weighted by Gasteiger charge is -2.09. The van der Waals surface area contributed by atoms with Crippen molar-refractivity contribution in [1.29, 1.82) is 5.26 Å². The standard InChI is InChI=1S/C21H17F2NO3/c1-2-26-20(25)18(14-24)17(15-8-4-3-5-9-15)13-12-16-10-6-7-11-19(16)27-21(22)23/h3-13,21H,2H2,1H3/b13-12+,18-17+. The van der Waals surface area contributed by atoms with Crippen molar-refractivity contribution in [2.75, 3.05) is 6.61 Å². The van der Waals surface area contributed by atoms with Crippen LogP contribution in [0.5, 0.6) is 5.75 Å². The molecular formula is C21H17F2NO3. The van der Waals surface area contributed by atoms with Crippen LogP contribution in [0.3, 0.4) is 0 Å². The van der Waals surface area contributed by atoms with E-state index < -0.39 is 12.6 Å². The molecule has 0 atom stereocenters. The highest BCUT2D eigenvalue weighted by Gasteiger charge is 2.16. The number of carbonyl (C=O) groups is 1.